The van der Waals surface area contributed by atoms with Crippen LogP contribution in [0.4, 0.5) is 4.39 Å². The Balaban J connectivity index is 0.943. The SMILES string of the molecule is COCCOCCOCCOCCOCC1CC(c2nccc(COc3ccc4cc3C[C@H](C(=O)O)Oc3ncnc5sc(-c6ccc(F)cc6)c(c35)-c3c(C)c(Cl)c(c(Cl)c3C)O[C@H](CN3CCN(C)CC3)CO4)n2)C1. The van der Waals surface area contributed by atoms with Gasteiger partial charge < -0.3 is 52.6 Å². The number of hydrogen-bond donors (Lipinski definition) is 1. The summed E-state index contributed by atoms with van der Waals surface area (Å²) >= 11 is 16.0. The van der Waals surface area contributed by atoms with E-state index in [9.17, 15) is 14.3 Å². The maximum Gasteiger partial charge on any atom is 0.345 e. The Morgan fingerprint density at radius 3 is 2.22 bits per heavy atom. The fourth-order valence-corrected chi connectivity index (χ4v) is 11.3. The molecule has 0 spiro atoms. The first-order chi connectivity index (χ1) is 37.4. The van der Waals surface area contributed by atoms with E-state index in [-0.39, 0.29) is 31.4 Å². The van der Waals surface area contributed by atoms with Crippen molar-refractivity contribution in [2.24, 2.45) is 5.92 Å². The van der Waals surface area contributed by atoms with Gasteiger partial charge in [-0.1, -0.05) is 35.3 Å². The van der Waals surface area contributed by atoms with Crippen molar-refractivity contribution in [3.63, 3.8) is 0 Å². The number of halogens is 3. The van der Waals surface area contributed by atoms with Gasteiger partial charge in [0.25, 0.3) is 0 Å². The number of benzene rings is 3. The molecular weight excluding hydrogens is 1050 g/mol. The quantitative estimate of drug-likeness (QED) is 0.0636. The molecule has 1 saturated heterocycles. The summed E-state index contributed by atoms with van der Waals surface area (Å²) in [5.41, 5.74) is 4.45. The molecule has 1 aliphatic carbocycles. The second kappa shape index (κ2) is 27.0. The fraction of sp³-hybridized carbons (Fsp3) is 0.482. The third-order valence-electron chi connectivity index (χ3n) is 14.0. The van der Waals surface area contributed by atoms with Crippen molar-refractivity contribution in [1.82, 2.24) is 29.7 Å². The average molecular weight is 1120 g/mol. The van der Waals surface area contributed by atoms with Crippen molar-refractivity contribution in [3.05, 3.63) is 105 Å². The molecule has 21 heteroatoms. The van der Waals surface area contributed by atoms with Crippen molar-refractivity contribution < 1.29 is 56.9 Å². The molecule has 0 unspecified atom stereocenters. The molecule has 2 atom stereocenters. The van der Waals surface area contributed by atoms with Crippen LogP contribution in [0.1, 0.15) is 47.0 Å². The second-order valence-electron chi connectivity index (χ2n) is 19.5. The molecule has 10 rings (SSSR count). The van der Waals surface area contributed by atoms with Gasteiger partial charge in [-0.3, -0.25) is 4.90 Å². The fourth-order valence-electron chi connectivity index (χ4n) is 9.69. The molecule has 3 aliphatic heterocycles. The Kier molecular flexibility index (Phi) is 19.8. The van der Waals surface area contributed by atoms with Crippen LogP contribution in [0.15, 0.2) is 61.1 Å². The molecule has 412 valence electrons. The molecule has 1 saturated carbocycles. The lowest BCUT2D eigenvalue weighted by atomic mass is 9.75. The van der Waals surface area contributed by atoms with E-state index in [1.807, 2.05) is 19.9 Å². The van der Waals surface area contributed by atoms with Gasteiger partial charge in [-0.2, -0.15) is 0 Å². The van der Waals surface area contributed by atoms with Crippen LogP contribution in [0.5, 0.6) is 23.1 Å². The molecule has 6 aromatic rings. The maximum absolute atomic E-state index is 14.4. The van der Waals surface area contributed by atoms with Gasteiger partial charge in [0.15, 0.2) is 5.75 Å². The zero-order chi connectivity index (χ0) is 53.8. The number of ether oxygens (including phenoxy) is 9. The number of fused-ring (bicyclic) bond motifs is 7. The Labute approximate surface area is 461 Å². The molecule has 2 fully saturated rings. The van der Waals surface area contributed by atoms with Crippen LogP contribution in [-0.4, -0.2) is 166 Å². The molecule has 77 heavy (non-hydrogen) atoms. The molecule has 3 aromatic carbocycles. The zero-order valence-corrected chi connectivity index (χ0v) is 46.1. The minimum Gasteiger partial charge on any atom is -0.490 e. The minimum atomic E-state index is -1.47. The van der Waals surface area contributed by atoms with E-state index in [0.717, 1.165) is 44.8 Å². The first-order valence-corrected chi connectivity index (χ1v) is 27.5. The molecule has 4 aliphatic rings. The normalized spacial score (nSPS) is 19.1. The third kappa shape index (κ3) is 14.3. The summed E-state index contributed by atoms with van der Waals surface area (Å²) < 4.78 is 68.3. The predicted octanol–water partition coefficient (Wildman–Crippen LogP) is 9.13. The summed E-state index contributed by atoms with van der Waals surface area (Å²) in [5.74, 6) is 0.911. The van der Waals surface area contributed by atoms with Gasteiger partial charge in [0.05, 0.1) is 74.0 Å². The smallest absolute Gasteiger partial charge is 0.345 e. The van der Waals surface area contributed by atoms with Crippen LogP contribution in [0, 0.1) is 25.6 Å². The van der Waals surface area contributed by atoms with Crippen LogP contribution in [-0.2, 0) is 41.5 Å². The number of carbonyl (C=O) groups is 1. The summed E-state index contributed by atoms with van der Waals surface area (Å²) in [6.07, 6.45) is 2.73. The number of likely N-dealkylation sites (N-methyl/N-ethyl adjacent to an activating group) is 1. The molecule has 1 N–H and O–H groups in total. The van der Waals surface area contributed by atoms with E-state index in [0.29, 0.717) is 153 Å². The zero-order valence-electron chi connectivity index (χ0n) is 43.8. The van der Waals surface area contributed by atoms with Crippen LogP contribution >= 0.6 is 34.5 Å². The molecule has 6 heterocycles. The van der Waals surface area contributed by atoms with Crippen molar-refractivity contribution in [2.75, 3.05) is 113 Å². The number of carboxylic acids is 1. The van der Waals surface area contributed by atoms with Gasteiger partial charge >= 0.3 is 5.97 Å². The molecule has 0 radical (unpaired) electrons. The third-order valence-corrected chi connectivity index (χ3v) is 16.0. The predicted molar refractivity (Wildman–Crippen MR) is 291 cm³/mol. The molecule has 17 nitrogen and oxygen atoms in total. The van der Waals surface area contributed by atoms with E-state index in [4.69, 9.17) is 70.8 Å². The highest BCUT2D eigenvalue weighted by Gasteiger charge is 2.34. The Bertz CT molecular complexity index is 2910. The topological polar surface area (TPSA) is 178 Å². The van der Waals surface area contributed by atoms with Crippen molar-refractivity contribution in [1.29, 1.82) is 0 Å². The number of piperazine rings is 1. The molecule has 3 aromatic heterocycles. The van der Waals surface area contributed by atoms with E-state index < -0.39 is 24.0 Å². The highest BCUT2D eigenvalue weighted by atomic mass is 35.5. The number of rotatable bonds is 22. The summed E-state index contributed by atoms with van der Waals surface area (Å²) in [7, 11) is 3.75. The first kappa shape index (κ1) is 56.4. The Morgan fingerprint density at radius 2 is 1.53 bits per heavy atom. The maximum atomic E-state index is 14.4. The van der Waals surface area contributed by atoms with E-state index in [1.54, 1.807) is 43.6 Å². The first-order valence-electron chi connectivity index (χ1n) is 25.9. The van der Waals surface area contributed by atoms with Gasteiger partial charge in [0.2, 0.25) is 12.0 Å². The number of aromatic nitrogens is 4. The molecule has 0 amide bonds. The number of aliphatic carboxylic acids is 1. The lowest BCUT2D eigenvalue weighted by Gasteiger charge is -2.35. The number of nitrogens with zero attached hydrogens (tertiary/aromatic N) is 6. The average Bonchev–Trinajstić information content (AvgIpc) is 3.87. The highest BCUT2D eigenvalue weighted by Crippen LogP contribution is 2.53. The Hall–Kier alpha value is -5.32. The lowest BCUT2D eigenvalue weighted by Crippen LogP contribution is -2.49. The van der Waals surface area contributed by atoms with Gasteiger partial charge in [-0.05, 0) is 98.3 Å². The highest BCUT2D eigenvalue weighted by molar-refractivity contribution is 7.22. The van der Waals surface area contributed by atoms with E-state index >= 15 is 0 Å². The minimum absolute atomic E-state index is 0.0285. The van der Waals surface area contributed by atoms with Crippen molar-refractivity contribution in [2.45, 2.75) is 57.8 Å². The van der Waals surface area contributed by atoms with Crippen molar-refractivity contribution in [3.8, 4) is 44.7 Å². The number of carboxylic acid groups (broad SMARTS) is 1. The largest absolute Gasteiger partial charge is 0.490 e. The summed E-state index contributed by atoms with van der Waals surface area (Å²) in [4.78, 5) is 38.0. The summed E-state index contributed by atoms with van der Waals surface area (Å²) in [6, 6.07) is 13.3. The van der Waals surface area contributed by atoms with Gasteiger partial charge in [-0.15, -0.1) is 11.3 Å². The number of methoxy groups -OCH3 is 1. The van der Waals surface area contributed by atoms with Crippen molar-refractivity contribution >= 4 is 50.7 Å². The van der Waals surface area contributed by atoms with Crippen LogP contribution < -0.4 is 18.9 Å². The summed E-state index contributed by atoms with van der Waals surface area (Å²) in [6.45, 7) is 12.7. The van der Waals surface area contributed by atoms with Crippen LogP contribution in [0.3, 0.4) is 0 Å². The van der Waals surface area contributed by atoms with Gasteiger partial charge in [0.1, 0.15) is 53.6 Å². The summed E-state index contributed by atoms with van der Waals surface area (Å²) in [5, 5.41) is 12.0. The second-order valence-corrected chi connectivity index (χ2v) is 21.2. The van der Waals surface area contributed by atoms with E-state index in [2.05, 4.69) is 31.8 Å². The lowest BCUT2D eigenvalue weighted by molar-refractivity contribution is -0.145. The number of hydrogen-bond acceptors (Lipinski definition) is 17. The number of thiophene rings is 1. The van der Waals surface area contributed by atoms with E-state index in [1.165, 1.54) is 29.8 Å². The standard InChI is InChI=1S/C56H65Cl2FN6O11S/c1-34-46-35(2)50(58)51(49(34)57)75-43(29-65-15-13-64(3)14-16-65)32-73-42-9-10-44(38(27-42)28-45(56(66)67)76-54-48-47(46)52(77-55(48)62-33-61-54)37-5-7-40(59)8-6-37)74-31-41-11-12-60-53(63-41)39-25-36(26-39)30-72-24-23-71-22-21-70-20-19-69-18-17-68-4/h5-12,27,33,36,39,43,45H,13-26,28-32H2,1-4H3,(H,66,67)/t36?,39?,43-,45-/m1/s1. The van der Waals surface area contributed by atoms with Crippen LogP contribution in [0.2, 0.25) is 10.0 Å². The monoisotopic (exact) mass is 1120 g/mol. The van der Waals surface area contributed by atoms with Crippen LogP contribution in [0.25, 0.3) is 31.8 Å². The molecule has 4 bridgehead atoms. The Morgan fingerprint density at radius 1 is 0.844 bits per heavy atom. The van der Waals surface area contributed by atoms with Gasteiger partial charge in [-0.25, -0.2) is 29.1 Å². The van der Waals surface area contributed by atoms with Gasteiger partial charge in [0, 0.05) is 81.0 Å². The molecular formula is C56H65Cl2FN6O11S.